The largest absolute Gasteiger partial charge is 0.469 e. The minimum atomic E-state index is -0.148. The van der Waals surface area contributed by atoms with Crippen LogP contribution in [0.25, 0.3) is 0 Å². The molecular formula is C18H21N3O3S. The minimum absolute atomic E-state index is 0.0660. The fourth-order valence-electron chi connectivity index (χ4n) is 3.19. The molecule has 3 rings (SSSR count). The summed E-state index contributed by atoms with van der Waals surface area (Å²) >= 11 is 1.39. The molecule has 1 aromatic carbocycles. The number of hydrogen-bond donors (Lipinski definition) is 1. The average molecular weight is 359 g/mol. The van der Waals surface area contributed by atoms with Crippen LogP contribution in [0.3, 0.4) is 0 Å². The van der Waals surface area contributed by atoms with Crippen molar-refractivity contribution in [1.29, 1.82) is 0 Å². The SMILES string of the molecule is COC(=O)C1CCC[C@H](c2nnc(NC(=O)Cc3ccccc3)s2)C1. The normalized spacial score (nSPS) is 20.0. The third-order valence-corrected chi connectivity index (χ3v) is 5.45. The molecule has 1 N–H and O–H groups in total. The van der Waals surface area contributed by atoms with Gasteiger partial charge in [0.15, 0.2) is 0 Å². The lowest BCUT2D eigenvalue weighted by Crippen LogP contribution is -2.23. The molecule has 1 fully saturated rings. The van der Waals surface area contributed by atoms with Gasteiger partial charge >= 0.3 is 5.97 Å². The zero-order chi connectivity index (χ0) is 17.6. The standard InChI is InChI=1S/C18H21N3O3S/c1-24-17(23)14-9-5-8-13(11-14)16-20-21-18(25-16)19-15(22)10-12-6-3-2-4-7-12/h2-4,6-7,13-14H,5,8-11H2,1H3,(H,19,21,22)/t13-,14?/m0/s1. The molecule has 2 aromatic rings. The van der Waals surface area contributed by atoms with E-state index in [4.69, 9.17) is 4.74 Å². The molecule has 0 saturated heterocycles. The first-order chi connectivity index (χ1) is 12.2. The van der Waals surface area contributed by atoms with Crippen LogP contribution in [0.1, 0.15) is 42.2 Å². The van der Waals surface area contributed by atoms with Crippen molar-refractivity contribution in [3.63, 3.8) is 0 Å². The summed E-state index contributed by atoms with van der Waals surface area (Å²) in [6.07, 6.45) is 3.87. The molecule has 0 radical (unpaired) electrons. The van der Waals surface area contributed by atoms with Gasteiger partial charge in [-0.25, -0.2) is 0 Å². The van der Waals surface area contributed by atoms with Gasteiger partial charge in [0, 0.05) is 5.92 Å². The first kappa shape index (κ1) is 17.5. The zero-order valence-electron chi connectivity index (χ0n) is 14.1. The molecule has 1 aliphatic carbocycles. The highest BCUT2D eigenvalue weighted by molar-refractivity contribution is 7.15. The molecule has 1 saturated carbocycles. The number of carbonyl (C=O) groups is 2. The van der Waals surface area contributed by atoms with E-state index >= 15 is 0 Å². The number of aromatic nitrogens is 2. The number of amides is 1. The lowest BCUT2D eigenvalue weighted by Gasteiger charge is -2.25. The van der Waals surface area contributed by atoms with Crippen molar-refractivity contribution in [2.75, 3.05) is 12.4 Å². The highest BCUT2D eigenvalue weighted by atomic mass is 32.1. The second-order valence-corrected chi connectivity index (χ2v) is 7.25. The van der Waals surface area contributed by atoms with E-state index in [1.54, 1.807) is 0 Å². The van der Waals surface area contributed by atoms with Gasteiger partial charge in [-0.1, -0.05) is 48.1 Å². The van der Waals surface area contributed by atoms with E-state index in [9.17, 15) is 9.59 Å². The van der Waals surface area contributed by atoms with Crippen LogP contribution < -0.4 is 5.32 Å². The third-order valence-electron chi connectivity index (χ3n) is 4.45. The van der Waals surface area contributed by atoms with E-state index in [1.807, 2.05) is 30.3 Å². The lowest BCUT2D eigenvalue weighted by atomic mass is 9.82. The van der Waals surface area contributed by atoms with Crippen LogP contribution in [0.5, 0.6) is 0 Å². The molecule has 0 aliphatic heterocycles. The Balaban J connectivity index is 1.58. The summed E-state index contributed by atoms with van der Waals surface area (Å²) in [6.45, 7) is 0. The van der Waals surface area contributed by atoms with Gasteiger partial charge in [0.05, 0.1) is 19.4 Å². The molecule has 1 heterocycles. The predicted molar refractivity (Wildman–Crippen MR) is 95.4 cm³/mol. The van der Waals surface area contributed by atoms with Gasteiger partial charge in [-0.2, -0.15) is 0 Å². The number of benzene rings is 1. The summed E-state index contributed by atoms with van der Waals surface area (Å²) in [5.74, 6) is -0.116. The number of hydrogen-bond acceptors (Lipinski definition) is 6. The molecule has 25 heavy (non-hydrogen) atoms. The Morgan fingerprint density at radius 3 is 2.80 bits per heavy atom. The molecule has 132 valence electrons. The Bertz CT molecular complexity index is 732. The van der Waals surface area contributed by atoms with Gasteiger partial charge in [0.1, 0.15) is 5.01 Å². The molecule has 1 unspecified atom stereocenters. The summed E-state index contributed by atoms with van der Waals surface area (Å²) in [7, 11) is 1.43. The van der Waals surface area contributed by atoms with Crippen LogP contribution >= 0.6 is 11.3 Å². The molecule has 7 heteroatoms. The Kier molecular flexibility index (Phi) is 5.75. The van der Waals surface area contributed by atoms with Crippen LogP contribution in [0.2, 0.25) is 0 Å². The quantitative estimate of drug-likeness (QED) is 0.829. The summed E-state index contributed by atoms with van der Waals surface area (Å²) in [6, 6.07) is 9.57. The molecule has 0 spiro atoms. The average Bonchev–Trinajstić information content (AvgIpc) is 3.10. The van der Waals surface area contributed by atoms with Gasteiger partial charge in [0.25, 0.3) is 0 Å². The van der Waals surface area contributed by atoms with Crippen LogP contribution in [-0.2, 0) is 20.7 Å². The van der Waals surface area contributed by atoms with Crippen LogP contribution in [0.15, 0.2) is 30.3 Å². The number of esters is 1. The molecular weight excluding hydrogens is 338 g/mol. The van der Waals surface area contributed by atoms with Gasteiger partial charge in [0.2, 0.25) is 11.0 Å². The Morgan fingerprint density at radius 2 is 2.04 bits per heavy atom. The van der Waals surface area contributed by atoms with Crippen molar-refractivity contribution in [2.45, 2.75) is 38.0 Å². The summed E-state index contributed by atoms with van der Waals surface area (Å²) in [5.41, 5.74) is 0.956. The number of methoxy groups -OCH3 is 1. The van der Waals surface area contributed by atoms with Gasteiger partial charge in [-0.05, 0) is 24.8 Å². The molecule has 0 bridgehead atoms. The smallest absolute Gasteiger partial charge is 0.308 e. The highest BCUT2D eigenvalue weighted by Crippen LogP contribution is 2.38. The van der Waals surface area contributed by atoms with E-state index in [1.165, 1.54) is 18.4 Å². The van der Waals surface area contributed by atoms with Crippen molar-refractivity contribution >= 4 is 28.3 Å². The summed E-state index contributed by atoms with van der Waals surface area (Å²) < 4.78 is 4.86. The Labute approximate surface area is 150 Å². The van der Waals surface area contributed by atoms with Gasteiger partial charge in [-0.15, -0.1) is 10.2 Å². The van der Waals surface area contributed by atoms with Gasteiger partial charge in [-0.3, -0.25) is 9.59 Å². The predicted octanol–water partition coefficient (Wildman–Crippen LogP) is 3.17. The fourth-order valence-corrected chi connectivity index (χ4v) is 4.10. The maximum Gasteiger partial charge on any atom is 0.308 e. The van der Waals surface area contributed by atoms with Crippen molar-refractivity contribution in [1.82, 2.24) is 10.2 Å². The highest BCUT2D eigenvalue weighted by Gasteiger charge is 2.30. The Hall–Kier alpha value is -2.28. The van der Waals surface area contributed by atoms with Crippen LogP contribution in [0.4, 0.5) is 5.13 Å². The molecule has 1 amide bonds. The van der Waals surface area contributed by atoms with Crippen LogP contribution in [-0.4, -0.2) is 29.2 Å². The fraction of sp³-hybridized carbons (Fsp3) is 0.444. The number of nitrogens with one attached hydrogen (secondary N) is 1. The van der Waals surface area contributed by atoms with Crippen molar-refractivity contribution < 1.29 is 14.3 Å². The Morgan fingerprint density at radius 1 is 1.24 bits per heavy atom. The second kappa shape index (κ2) is 8.20. The van der Waals surface area contributed by atoms with Gasteiger partial charge < -0.3 is 10.1 Å². The topological polar surface area (TPSA) is 81.2 Å². The van der Waals surface area contributed by atoms with Crippen LogP contribution in [0, 0.1) is 5.92 Å². The summed E-state index contributed by atoms with van der Waals surface area (Å²) in [5, 5.41) is 12.5. The van der Waals surface area contributed by atoms with E-state index in [2.05, 4.69) is 15.5 Å². The molecule has 2 atom stereocenters. The number of carbonyl (C=O) groups excluding carboxylic acids is 2. The number of anilines is 1. The first-order valence-electron chi connectivity index (χ1n) is 8.40. The maximum atomic E-state index is 12.1. The van der Waals surface area contributed by atoms with Crippen molar-refractivity contribution in [3.8, 4) is 0 Å². The van der Waals surface area contributed by atoms with E-state index < -0.39 is 0 Å². The van der Waals surface area contributed by atoms with Crippen molar-refractivity contribution in [2.24, 2.45) is 5.92 Å². The second-order valence-electron chi connectivity index (χ2n) is 6.24. The molecule has 1 aromatic heterocycles. The third kappa shape index (κ3) is 4.63. The van der Waals surface area contributed by atoms with E-state index in [0.29, 0.717) is 11.6 Å². The van der Waals surface area contributed by atoms with E-state index in [0.717, 1.165) is 36.3 Å². The zero-order valence-corrected chi connectivity index (χ0v) is 14.9. The summed E-state index contributed by atoms with van der Waals surface area (Å²) in [4.78, 5) is 23.9. The minimum Gasteiger partial charge on any atom is -0.469 e. The number of ether oxygens (including phenoxy) is 1. The monoisotopic (exact) mass is 359 g/mol. The number of nitrogens with zero attached hydrogens (tertiary/aromatic N) is 2. The van der Waals surface area contributed by atoms with E-state index in [-0.39, 0.29) is 23.7 Å². The number of rotatable bonds is 5. The molecule has 6 nitrogen and oxygen atoms in total. The lowest BCUT2D eigenvalue weighted by molar-refractivity contribution is -0.146. The maximum absolute atomic E-state index is 12.1. The first-order valence-corrected chi connectivity index (χ1v) is 9.22. The molecule has 1 aliphatic rings. The van der Waals surface area contributed by atoms with Crippen molar-refractivity contribution in [3.05, 3.63) is 40.9 Å².